The van der Waals surface area contributed by atoms with E-state index in [2.05, 4.69) is 38.1 Å². The van der Waals surface area contributed by atoms with Crippen LogP contribution in [0.25, 0.3) is 0 Å². The van der Waals surface area contributed by atoms with E-state index < -0.39 is 0 Å². The molecule has 1 unspecified atom stereocenters. The van der Waals surface area contributed by atoms with Gasteiger partial charge in [0, 0.05) is 38.4 Å². The van der Waals surface area contributed by atoms with Crippen LogP contribution < -0.4 is 0 Å². The Morgan fingerprint density at radius 2 is 1.93 bits per heavy atom. The van der Waals surface area contributed by atoms with Gasteiger partial charge in [0.2, 0.25) is 11.8 Å². The molecule has 1 spiro atoms. The first-order valence-electron chi connectivity index (χ1n) is 10.1. The van der Waals surface area contributed by atoms with Crippen LogP contribution in [-0.4, -0.2) is 53.3 Å². The van der Waals surface area contributed by atoms with Crippen molar-refractivity contribution in [3.8, 4) is 0 Å². The number of carbonyl (C=O) groups is 2. The molecule has 1 atom stereocenters. The molecule has 5 heteroatoms. The zero-order valence-electron chi connectivity index (χ0n) is 16.9. The Morgan fingerprint density at radius 3 is 2.59 bits per heavy atom. The molecular formula is C22H32N2O2S. The summed E-state index contributed by atoms with van der Waals surface area (Å²) in [4.78, 5) is 29.6. The minimum atomic E-state index is -0.342. The van der Waals surface area contributed by atoms with Crippen LogP contribution in [-0.2, 0) is 16.1 Å². The summed E-state index contributed by atoms with van der Waals surface area (Å²) >= 11 is 1.70. The van der Waals surface area contributed by atoms with E-state index in [-0.39, 0.29) is 17.2 Å². The minimum Gasteiger partial charge on any atom is -0.342 e. The average Bonchev–Trinajstić information content (AvgIpc) is 3.09. The predicted molar refractivity (Wildman–Crippen MR) is 112 cm³/mol. The molecule has 0 aliphatic carbocycles. The van der Waals surface area contributed by atoms with Crippen molar-refractivity contribution in [3.05, 3.63) is 35.4 Å². The van der Waals surface area contributed by atoms with E-state index in [1.54, 1.807) is 11.8 Å². The van der Waals surface area contributed by atoms with Crippen LogP contribution in [0.3, 0.4) is 0 Å². The number of amides is 2. The van der Waals surface area contributed by atoms with Crippen LogP contribution in [0.1, 0.15) is 56.6 Å². The molecule has 0 bridgehead atoms. The summed E-state index contributed by atoms with van der Waals surface area (Å²) in [6, 6.07) is 8.64. The van der Waals surface area contributed by atoms with Crippen molar-refractivity contribution in [2.24, 2.45) is 5.41 Å². The lowest BCUT2D eigenvalue weighted by Crippen LogP contribution is -2.50. The molecule has 1 aromatic carbocycles. The first kappa shape index (κ1) is 20.2. The van der Waals surface area contributed by atoms with Crippen LogP contribution in [0.15, 0.2) is 24.3 Å². The Hall–Kier alpha value is -1.49. The second kappa shape index (κ2) is 8.68. The fraction of sp³-hybridized carbons (Fsp3) is 0.636. The molecule has 2 saturated heterocycles. The molecule has 3 rings (SSSR count). The lowest BCUT2D eigenvalue weighted by atomic mass is 9.78. The number of piperidine rings is 1. The van der Waals surface area contributed by atoms with E-state index >= 15 is 0 Å². The normalized spacial score (nSPS) is 22.9. The largest absolute Gasteiger partial charge is 0.342 e. The summed E-state index contributed by atoms with van der Waals surface area (Å²) in [5.74, 6) is 1.83. The van der Waals surface area contributed by atoms with E-state index in [4.69, 9.17) is 0 Å². The van der Waals surface area contributed by atoms with E-state index in [1.165, 1.54) is 11.1 Å². The van der Waals surface area contributed by atoms with Gasteiger partial charge in [0.1, 0.15) is 0 Å². The molecule has 148 valence electrons. The number of thioether (sulfide) groups is 1. The lowest BCUT2D eigenvalue weighted by Gasteiger charge is -2.39. The summed E-state index contributed by atoms with van der Waals surface area (Å²) in [5.41, 5.74) is 2.18. The third-order valence-corrected chi connectivity index (χ3v) is 6.68. The molecule has 2 aliphatic rings. The molecule has 2 fully saturated rings. The highest BCUT2D eigenvalue weighted by molar-refractivity contribution is 7.98. The molecule has 2 heterocycles. The Kier molecular flexibility index (Phi) is 6.51. The molecule has 2 aliphatic heterocycles. The van der Waals surface area contributed by atoms with Crippen molar-refractivity contribution < 1.29 is 9.59 Å². The van der Waals surface area contributed by atoms with Crippen molar-refractivity contribution in [2.75, 3.05) is 31.6 Å². The van der Waals surface area contributed by atoms with Crippen molar-refractivity contribution in [2.45, 2.75) is 52.0 Å². The number of benzene rings is 1. The number of carbonyl (C=O) groups excluding carboxylic acids is 2. The Labute approximate surface area is 167 Å². The van der Waals surface area contributed by atoms with Gasteiger partial charge in [-0.25, -0.2) is 0 Å². The number of likely N-dealkylation sites (tertiary alicyclic amines) is 2. The highest BCUT2D eigenvalue weighted by Gasteiger charge is 2.49. The van der Waals surface area contributed by atoms with Crippen molar-refractivity contribution in [3.63, 3.8) is 0 Å². The first-order valence-corrected chi connectivity index (χ1v) is 11.5. The van der Waals surface area contributed by atoms with Gasteiger partial charge in [0.05, 0.1) is 5.41 Å². The fourth-order valence-corrected chi connectivity index (χ4v) is 4.72. The van der Waals surface area contributed by atoms with Gasteiger partial charge in [-0.1, -0.05) is 38.1 Å². The lowest BCUT2D eigenvalue weighted by molar-refractivity contribution is -0.146. The zero-order valence-corrected chi connectivity index (χ0v) is 17.7. The maximum atomic E-state index is 13.3. The van der Waals surface area contributed by atoms with Crippen LogP contribution in [0.5, 0.6) is 0 Å². The van der Waals surface area contributed by atoms with E-state index in [0.29, 0.717) is 25.4 Å². The molecule has 0 N–H and O–H groups in total. The minimum absolute atomic E-state index is 0.204. The Morgan fingerprint density at radius 1 is 1.19 bits per heavy atom. The predicted octanol–water partition coefficient (Wildman–Crippen LogP) is 3.90. The van der Waals surface area contributed by atoms with Gasteiger partial charge in [-0.05, 0) is 42.6 Å². The zero-order chi connectivity index (χ0) is 19.4. The molecule has 0 radical (unpaired) electrons. The number of hydrogen-bond acceptors (Lipinski definition) is 3. The van der Waals surface area contributed by atoms with E-state index in [0.717, 1.165) is 38.1 Å². The van der Waals surface area contributed by atoms with E-state index in [9.17, 15) is 9.59 Å². The summed E-state index contributed by atoms with van der Waals surface area (Å²) in [6.45, 7) is 7.24. The van der Waals surface area contributed by atoms with Gasteiger partial charge < -0.3 is 9.80 Å². The Balaban J connectivity index is 1.64. The third-order valence-electron chi connectivity index (χ3n) is 6.07. The summed E-state index contributed by atoms with van der Waals surface area (Å²) in [6.07, 6.45) is 5.37. The second-order valence-corrected chi connectivity index (χ2v) is 9.30. The summed E-state index contributed by atoms with van der Waals surface area (Å²) in [7, 11) is 0. The van der Waals surface area contributed by atoms with Crippen molar-refractivity contribution in [1.82, 2.24) is 9.80 Å². The third kappa shape index (κ3) is 4.50. The number of hydrogen-bond donors (Lipinski definition) is 0. The van der Waals surface area contributed by atoms with Gasteiger partial charge in [-0.2, -0.15) is 11.8 Å². The van der Waals surface area contributed by atoms with Gasteiger partial charge in [0.25, 0.3) is 0 Å². The smallest absolute Gasteiger partial charge is 0.230 e. The molecule has 0 aromatic heterocycles. The average molecular weight is 389 g/mol. The van der Waals surface area contributed by atoms with Gasteiger partial charge in [-0.3, -0.25) is 9.59 Å². The number of nitrogens with zero attached hydrogens (tertiary/aromatic N) is 2. The second-order valence-electron chi connectivity index (χ2n) is 8.31. The summed E-state index contributed by atoms with van der Waals surface area (Å²) < 4.78 is 0. The maximum Gasteiger partial charge on any atom is 0.230 e. The van der Waals surface area contributed by atoms with Crippen LogP contribution >= 0.6 is 11.8 Å². The fourth-order valence-electron chi connectivity index (χ4n) is 4.34. The quantitative estimate of drug-likeness (QED) is 0.742. The van der Waals surface area contributed by atoms with Crippen LogP contribution in [0.2, 0.25) is 0 Å². The van der Waals surface area contributed by atoms with Crippen molar-refractivity contribution >= 4 is 23.6 Å². The van der Waals surface area contributed by atoms with Gasteiger partial charge in [0.15, 0.2) is 0 Å². The molecule has 2 amide bonds. The van der Waals surface area contributed by atoms with Gasteiger partial charge in [-0.15, -0.1) is 0 Å². The standard InChI is InChI=1S/C22H32N2O2S/c1-17(2)19-7-5-18(6-8-19)15-23-12-4-10-22(21(23)26)11-13-24(16-22)20(25)9-14-27-3/h5-8,17H,4,9-16H2,1-3H3. The number of rotatable bonds is 6. The van der Waals surface area contributed by atoms with Crippen LogP contribution in [0.4, 0.5) is 0 Å². The monoisotopic (exact) mass is 388 g/mol. The highest BCUT2D eigenvalue weighted by atomic mass is 32.2. The molecule has 1 aromatic rings. The Bertz CT molecular complexity index is 673. The molecular weight excluding hydrogens is 356 g/mol. The summed E-state index contributed by atoms with van der Waals surface area (Å²) in [5, 5.41) is 0. The van der Waals surface area contributed by atoms with E-state index in [1.807, 2.05) is 16.1 Å². The first-order chi connectivity index (χ1) is 12.9. The highest BCUT2D eigenvalue weighted by Crippen LogP contribution is 2.40. The molecule has 0 saturated carbocycles. The SMILES string of the molecule is CSCCC(=O)N1CCC2(CCCN(Cc3ccc(C(C)C)cc3)C2=O)C1. The molecule has 4 nitrogen and oxygen atoms in total. The topological polar surface area (TPSA) is 40.6 Å². The van der Waals surface area contributed by atoms with Crippen LogP contribution in [0, 0.1) is 5.41 Å². The van der Waals surface area contributed by atoms with Crippen molar-refractivity contribution in [1.29, 1.82) is 0 Å². The van der Waals surface area contributed by atoms with Gasteiger partial charge >= 0.3 is 0 Å². The maximum absolute atomic E-state index is 13.3. The molecule has 27 heavy (non-hydrogen) atoms.